The highest BCUT2D eigenvalue weighted by Crippen LogP contribution is 2.20. The van der Waals surface area contributed by atoms with Crippen molar-refractivity contribution in [3.63, 3.8) is 0 Å². The largest absolute Gasteiger partial charge is 0.383 e. The van der Waals surface area contributed by atoms with Gasteiger partial charge in [-0.15, -0.1) is 0 Å². The van der Waals surface area contributed by atoms with Crippen molar-refractivity contribution in [2.45, 2.75) is 12.3 Å². The lowest BCUT2D eigenvalue weighted by Crippen LogP contribution is -2.26. The molecule has 1 aromatic carbocycles. The SMILES string of the molecule is COCCNCC(CCS(C)(=O)=O)c1cccc(F)c1. The van der Waals surface area contributed by atoms with Crippen molar-refractivity contribution in [3.05, 3.63) is 35.6 Å². The van der Waals surface area contributed by atoms with Gasteiger partial charge in [0.15, 0.2) is 0 Å². The lowest BCUT2D eigenvalue weighted by molar-refractivity contribution is 0.199. The Kier molecular flexibility index (Phi) is 7.12. The highest BCUT2D eigenvalue weighted by Gasteiger charge is 2.15. The van der Waals surface area contributed by atoms with E-state index in [1.54, 1.807) is 13.2 Å². The Hall–Kier alpha value is -0.980. The summed E-state index contributed by atoms with van der Waals surface area (Å²) in [5.41, 5.74) is 0.818. The van der Waals surface area contributed by atoms with Crippen molar-refractivity contribution in [2.75, 3.05) is 38.8 Å². The Morgan fingerprint density at radius 2 is 2.15 bits per heavy atom. The maximum atomic E-state index is 13.3. The Bertz CT molecular complexity index is 505. The van der Waals surface area contributed by atoms with Crippen LogP contribution in [-0.4, -0.2) is 47.2 Å². The molecule has 20 heavy (non-hydrogen) atoms. The van der Waals surface area contributed by atoms with Gasteiger partial charge < -0.3 is 10.1 Å². The molecule has 1 atom stereocenters. The van der Waals surface area contributed by atoms with Crippen LogP contribution in [-0.2, 0) is 14.6 Å². The predicted octanol–water partition coefficient (Wildman–Crippen LogP) is 1.58. The number of hydrogen-bond acceptors (Lipinski definition) is 4. The van der Waals surface area contributed by atoms with Crippen LogP contribution < -0.4 is 5.32 Å². The molecule has 0 bridgehead atoms. The number of rotatable bonds is 9. The van der Waals surface area contributed by atoms with Gasteiger partial charge in [-0.25, -0.2) is 12.8 Å². The summed E-state index contributed by atoms with van der Waals surface area (Å²) < 4.78 is 40.8. The second-order valence-corrected chi connectivity index (χ2v) is 7.13. The van der Waals surface area contributed by atoms with Crippen LogP contribution in [0.2, 0.25) is 0 Å². The molecule has 0 aliphatic rings. The first-order valence-electron chi connectivity index (χ1n) is 6.55. The normalized spacial score (nSPS) is 13.3. The molecule has 0 fully saturated rings. The van der Waals surface area contributed by atoms with E-state index in [0.29, 0.717) is 26.1 Å². The molecule has 0 saturated heterocycles. The van der Waals surface area contributed by atoms with Gasteiger partial charge >= 0.3 is 0 Å². The first-order valence-corrected chi connectivity index (χ1v) is 8.61. The highest BCUT2D eigenvalue weighted by atomic mass is 32.2. The number of halogens is 1. The van der Waals surface area contributed by atoms with Crippen molar-refractivity contribution in [1.29, 1.82) is 0 Å². The molecule has 0 radical (unpaired) electrons. The van der Waals surface area contributed by atoms with E-state index in [2.05, 4.69) is 5.32 Å². The summed E-state index contributed by atoms with van der Waals surface area (Å²) in [6, 6.07) is 6.32. The van der Waals surface area contributed by atoms with Crippen molar-refractivity contribution >= 4 is 9.84 Å². The number of methoxy groups -OCH3 is 1. The average molecular weight is 303 g/mol. The molecule has 0 spiro atoms. The zero-order chi connectivity index (χ0) is 15.0. The van der Waals surface area contributed by atoms with Crippen LogP contribution >= 0.6 is 0 Å². The van der Waals surface area contributed by atoms with E-state index in [1.807, 2.05) is 6.07 Å². The molecule has 0 heterocycles. The summed E-state index contributed by atoms with van der Waals surface area (Å²) in [5, 5.41) is 3.20. The van der Waals surface area contributed by atoms with Gasteiger partial charge in [-0.3, -0.25) is 0 Å². The Labute approximate surface area is 120 Å². The van der Waals surface area contributed by atoms with Crippen LogP contribution in [0.3, 0.4) is 0 Å². The van der Waals surface area contributed by atoms with Crippen LogP contribution in [0.15, 0.2) is 24.3 Å². The van der Waals surface area contributed by atoms with Crippen molar-refractivity contribution in [3.8, 4) is 0 Å². The lowest BCUT2D eigenvalue weighted by atomic mass is 9.96. The summed E-state index contributed by atoms with van der Waals surface area (Å²) in [6.45, 7) is 1.87. The minimum absolute atomic E-state index is 0.0303. The molecule has 4 nitrogen and oxygen atoms in total. The van der Waals surface area contributed by atoms with Gasteiger partial charge in [0.2, 0.25) is 0 Å². The van der Waals surface area contributed by atoms with Crippen LogP contribution in [0.25, 0.3) is 0 Å². The number of nitrogens with one attached hydrogen (secondary N) is 1. The third kappa shape index (κ3) is 6.98. The van der Waals surface area contributed by atoms with Gasteiger partial charge in [0.05, 0.1) is 12.4 Å². The number of benzene rings is 1. The summed E-state index contributed by atoms with van der Waals surface area (Å²) >= 11 is 0. The van der Waals surface area contributed by atoms with Crippen molar-refractivity contribution in [1.82, 2.24) is 5.32 Å². The predicted molar refractivity (Wildman–Crippen MR) is 78.2 cm³/mol. The van der Waals surface area contributed by atoms with E-state index in [9.17, 15) is 12.8 Å². The molecule has 0 amide bonds. The second-order valence-electron chi connectivity index (χ2n) is 4.87. The molecular formula is C14H22FNO3S. The van der Waals surface area contributed by atoms with Gasteiger partial charge in [0, 0.05) is 26.5 Å². The molecule has 1 aromatic rings. The van der Waals surface area contributed by atoms with Gasteiger partial charge in [-0.1, -0.05) is 12.1 Å². The molecule has 0 aliphatic carbocycles. The standard InChI is InChI=1S/C14H22FNO3S/c1-19-8-7-16-11-13(6-9-20(2,17)18)12-4-3-5-14(15)10-12/h3-5,10,13,16H,6-9,11H2,1-2H3. The maximum Gasteiger partial charge on any atom is 0.147 e. The van der Waals surface area contributed by atoms with E-state index >= 15 is 0 Å². The fraction of sp³-hybridized carbons (Fsp3) is 0.571. The first-order chi connectivity index (χ1) is 9.42. The van der Waals surface area contributed by atoms with E-state index in [1.165, 1.54) is 18.4 Å². The van der Waals surface area contributed by atoms with E-state index in [-0.39, 0.29) is 17.5 Å². The van der Waals surface area contributed by atoms with E-state index < -0.39 is 9.84 Å². The zero-order valence-corrected chi connectivity index (χ0v) is 12.7. The summed E-state index contributed by atoms with van der Waals surface area (Å²) in [5.74, 6) is -0.235. The van der Waals surface area contributed by atoms with E-state index in [4.69, 9.17) is 4.74 Å². The summed E-state index contributed by atoms with van der Waals surface area (Å²) in [6.07, 6.45) is 1.69. The Morgan fingerprint density at radius 1 is 1.40 bits per heavy atom. The third-order valence-electron chi connectivity index (χ3n) is 3.03. The van der Waals surface area contributed by atoms with Crippen LogP contribution in [0.5, 0.6) is 0 Å². The first kappa shape index (κ1) is 17.1. The zero-order valence-electron chi connectivity index (χ0n) is 11.9. The highest BCUT2D eigenvalue weighted by molar-refractivity contribution is 7.90. The minimum Gasteiger partial charge on any atom is -0.383 e. The van der Waals surface area contributed by atoms with Crippen molar-refractivity contribution in [2.24, 2.45) is 0 Å². The Morgan fingerprint density at radius 3 is 2.75 bits per heavy atom. The minimum atomic E-state index is -3.02. The van der Waals surface area contributed by atoms with Gasteiger partial charge in [0.25, 0.3) is 0 Å². The fourth-order valence-corrected chi connectivity index (χ4v) is 2.67. The van der Waals surface area contributed by atoms with Gasteiger partial charge in [0.1, 0.15) is 15.7 Å². The molecule has 0 saturated carbocycles. The van der Waals surface area contributed by atoms with Gasteiger partial charge in [-0.2, -0.15) is 0 Å². The van der Waals surface area contributed by atoms with Crippen LogP contribution in [0, 0.1) is 5.82 Å². The monoisotopic (exact) mass is 303 g/mol. The summed E-state index contributed by atoms with van der Waals surface area (Å²) in [7, 11) is -1.40. The van der Waals surface area contributed by atoms with Crippen LogP contribution in [0.1, 0.15) is 17.9 Å². The molecule has 6 heteroatoms. The fourth-order valence-electron chi connectivity index (χ4n) is 1.95. The molecule has 0 aliphatic heterocycles. The molecular weight excluding hydrogens is 281 g/mol. The second kappa shape index (κ2) is 8.34. The summed E-state index contributed by atoms with van der Waals surface area (Å²) in [4.78, 5) is 0. The third-order valence-corrected chi connectivity index (χ3v) is 4.01. The maximum absolute atomic E-state index is 13.3. The van der Waals surface area contributed by atoms with E-state index in [0.717, 1.165) is 5.56 Å². The lowest BCUT2D eigenvalue weighted by Gasteiger charge is -2.18. The number of hydrogen-bond donors (Lipinski definition) is 1. The topological polar surface area (TPSA) is 55.4 Å². The quantitative estimate of drug-likeness (QED) is 0.704. The smallest absolute Gasteiger partial charge is 0.147 e. The average Bonchev–Trinajstić information content (AvgIpc) is 2.36. The van der Waals surface area contributed by atoms with Crippen molar-refractivity contribution < 1.29 is 17.5 Å². The van der Waals surface area contributed by atoms with Crippen LogP contribution in [0.4, 0.5) is 4.39 Å². The van der Waals surface area contributed by atoms with Gasteiger partial charge in [-0.05, 0) is 30.0 Å². The molecule has 1 unspecified atom stereocenters. The number of sulfone groups is 1. The molecule has 0 aromatic heterocycles. The molecule has 1 rings (SSSR count). The number of ether oxygens (including phenoxy) is 1. The molecule has 1 N–H and O–H groups in total. The molecule has 114 valence electrons. The Balaban J connectivity index is 2.68.